The van der Waals surface area contributed by atoms with Gasteiger partial charge in [-0.1, -0.05) is 90.5 Å². The molecule has 0 aromatic heterocycles. The number of likely N-dealkylation sites (tertiary alicyclic amines) is 1. The van der Waals surface area contributed by atoms with Crippen LogP contribution in [-0.4, -0.2) is 22.6 Å². The fourth-order valence-electron chi connectivity index (χ4n) is 4.35. The van der Waals surface area contributed by atoms with E-state index in [4.69, 9.17) is 0 Å². The quantitative estimate of drug-likeness (QED) is 0.702. The predicted molar refractivity (Wildman–Crippen MR) is 110 cm³/mol. The Bertz CT molecular complexity index is 818. The zero-order valence-corrected chi connectivity index (χ0v) is 15.9. The van der Waals surface area contributed by atoms with E-state index in [1.807, 2.05) is 36.4 Å². The van der Waals surface area contributed by atoms with Gasteiger partial charge < -0.3 is 5.11 Å². The van der Waals surface area contributed by atoms with Crippen LogP contribution in [0.25, 0.3) is 0 Å². The largest absolute Gasteiger partial charge is 0.379 e. The molecule has 0 saturated carbocycles. The van der Waals surface area contributed by atoms with E-state index in [9.17, 15) is 5.11 Å². The second-order valence-corrected chi connectivity index (χ2v) is 7.61. The van der Waals surface area contributed by atoms with Crippen LogP contribution < -0.4 is 0 Å². The highest BCUT2D eigenvalue weighted by atomic mass is 16.3. The van der Waals surface area contributed by atoms with Crippen LogP contribution in [0.4, 0.5) is 0 Å². The lowest BCUT2D eigenvalue weighted by molar-refractivity contribution is -0.00653. The summed E-state index contributed by atoms with van der Waals surface area (Å²) >= 11 is 0. The Kier molecular flexibility index (Phi) is 5.11. The Morgan fingerprint density at radius 1 is 0.852 bits per heavy atom. The van der Waals surface area contributed by atoms with E-state index in [-0.39, 0.29) is 6.04 Å². The Morgan fingerprint density at radius 2 is 1.41 bits per heavy atom. The SMILES string of the molecule is Cc1ccc(CN2CCCC2C(O)(c2ccccc2)c2ccccc2)cc1. The van der Waals surface area contributed by atoms with Gasteiger partial charge in [-0.2, -0.15) is 0 Å². The smallest absolute Gasteiger partial charge is 0.130 e. The Morgan fingerprint density at radius 3 is 1.96 bits per heavy atom. The standard InChI is InChI=1S/C25H27NO/c1-20-14-16-21(17-15-20)19-26-18-8-13-24(26)25(27,22-9-4-2-5-10-22)23-11-6-3-7-12-23/h2-7,9-12,14-17,24,27H,8,13,18-19H2,1H3. The summed E-state index contributed by atoms with van der Waals surface area (Å²) in [5.74, 6) is 0. The topological polar surface area (TPSA) is 23.5 Å². The van der Waals surface area contributed by atoms with Crippen molar-refractivity contribution in [1.82, 2.24) is 4.90 Å². The lowest BCUT2D eigenvalue weighted by atomic mass is 9.79. The summed E-state index contributed by atoms with van der Waals surface area (Å²) in [5, 5.41) is 12.1. The van der Waals surface area contributed by atoms with Crippen molar-refractivity contribution in [2.24, 2.45) is 0 Å². The normalized spacial score (nSPS) is 17.9. The Hall–Kier alpha value is -2.42. The molecule has 0 radical (unpaired) electrons. The molecule has 1 N–H and O–H groups in total. The van der Waals surface area contributed by atoms with Gasteiger partial charge in [0.25, 0.3) is 0 Å². The van der Waals surface area contributed by atoms with Gasteiger partial charge >= 0.3 is 0 Å². The number of benzene rings is 3. The minimum Gasteiger partial charge on any atom is -0.379 e. The van der Waals surface area contributed by atoms with E-state index in [2.05, 4.69) is 60.4 Å². The fourth-order valence-corrected chi connectivity index (χ4v) is 4.35. The molecule has 0 aliphatic carbocycles. The van der Waals surface area contributed by atoms with Crippen LogP contribution in [0.5, 0.6) is 0 Å². The lowest BCUT2D eigenvalue weighted by Gasteiger charge is -2.40. The molecule has 1 heterocycles. The molecular formula is C25H27NO. The van der Waals surface area contributed by atoms with E-state index in [1.54, 1.807) is 0 Å². The van der Waals surface area contributed by atoms with E-state index >= 15 is 0 Å². The van der Waals surface area contributed by atoms with Crippen molar-refractivity contribution < 1.29 is 5.11 Å². The van der Waals surface area contributed by atoms with E-state index in [0.29, 0.717) is 0 Å². The molecular weight excluding hydrogens is 330 g/mol. The molecule has 3 aromatic carbocycles. The second kappa shape index (κ2) is 7.67. The molecule has 138 valence electrons. The van der Waals surface area contributed by atoms with Crippen molar-refractivity contribution in [3.8, 4) is 0 Å². The minimum atomic E-state index is -1.01. The molecule has 1 aliphatic heterocycles. The highest BCUT2D eigenvalue weighted by Crippen LogP contribution is 2.40. The van der Waals surface area contributed by atoms with Crippen LogP contribution in [0.1, 0.15) is 35.1 Å². The van der Waals surface area contributed by atoms with E-state index in [0.717, 1.165) is 37.1 Å². The van der Waals surface area contributed by atoms with Crippen LogP contribution in [-0.2, 0) is 12.1 Å². The van der Waals surface area contributed by atoms with Gasteiger partial charge in [0.05, 0.1) is 0 Å². The fraction of sp³-hybridized carbons (Fsp3) is 0.280. The molecule has 0 spiro atoms. The summed E-state index contributed by atoms with van der Waals surface area (Å²) in [7, 11) is 0. The van der Waals surface area contributed by atoms with Gasteiger partial charge in [0.15, 0.2) is 0 Å². The molecule has 1 unspecified atom stereocenters. The van der Waals surface area contributed by atoms with E-state index < -0.39 is 5.60 Å². The van der Waals surface area contributed by atoms with Gasteiger partial charge in [0.1, 0.15) is 5.60 Å². The van der Waals surface area contributed by atoms with Gasteiger partial charge in [-0.3, -0.25) is 4.90 Å². The number of hydrogen-bond donors (Lipinski definition) is 1. The molecule has 1 saturated heterocycles. The van der Waals surface area contributed by atoms with Crippen molar-refractivity contribution in [3.63, 3.8) is 0 Å². The van der Waals surface area contributed by atoms with Gasteiger partial charge in [-0.05, 0) is 43.0 Å². The van der Waals surface area contributed by atoms with Crippen LogP contribution in [0.15, 0.2) is 84.9 Å². The first-order chi connectivity index (χ1) is 13.2. The Labute approximate surface area is 162 Å². The summed E-state index contributed by atoms with van der Waals surface area (Å²) in [4.78, 5) is 2.45. The number of aliphatic hydroxyl groups is 1. The van der Waals surface area contributed by atoms with Crippen LogP contribution in [0.2, 0.25) is 0 Å². The number of nitrogens with zero attached hydrogens (tertiary/aromatic N) is 1. The molecule has 0 amide bonds. The van der Waals surface area contributed by atoms with Crippen molar-refractivity contribution in [1.29, 1.82) is 0 Å². The Balaban J connectivity index is 1.72. The molecule has 1 atom stereocenters. The van der Waals surface area contributed by atoms with Crippen molar-refractivity contribution in [3.05, 3.63) is 107 Å². The first-order valence-corrected chi connectivity index (χ1v) is 9.81. The van der Waals surface area contributed by atoms with Crippen molar-refractivity contribution in [2.45, 2.75) is 38.0 Å². The molecule has 4 rings (SSSR count). The van der Waals surface area contributed by atoms with Crippen molar-refractivity contribution in [2.75, 3.05) is 6.54 Å². The third-order valence-electron chi connectivity index (χ3n) is 5.78. The predicted octanol–water partition coefficient (Wildman–Crippen LogP) is 4.90. The summed E-state index contributed by atoms with van der Waals surface area (Å²) in [6, 6.07) is 29.1. The third-order valence-corrected chi connectivity index (χ3v) is 5.78. The highest BCUT2D eigenvalue weighted by Gasteiger charge is 2.45. The minimum absolute atomic E-state index is 0.0589. The molecule has 3 aromatic rings. The summed E-state index contributed by atoms with van der Waals surface area (Å²) in [5.41, 5.74) is 3.51. The van der Waals surface area contributed by atoms with Crippen LogP contribution in [0, 0.1) is 6.92 Å². The maximum Gasteiger partial charge on any atom is 0.130 e. The first-order valence-electron chi connectivity index (χ1n) is 9.81. The van der Waals surface area contributed by atoms with Crippen molar-refractivity contribution >= 4 is 0 Å². The molecule has 0 bridgehead atoms. The highest BCUT2D eigenvalue weighted by molar-refractivity contribution is 5.38. The van der Waals surface area contributed by atoms with Crippen LogP contribution in [0.3, 0.4) is 0 Å². The number of rotatable bonds is 5. The van der Waals surface area contributed by atoms with Gasteiger partial charge in [-0.15, -0.1) is 0 Å². The second-order valence-electron chi connectivity index (χ2n) is 7.61. The number of aryl methyl sites for hydroxylation is 1. The average Bonchev–Trinajstić information content (AvgIpc) is 3.19. The average molecular weight is 357 g/mol. The van der Waals surface area contributed by atoms with Gasteiger partial charge in [-0.25, -0.2) is 0 Å². The molecule has 1 fully saturated rings. The summed E-state index contributed by atoms with van der Waals surface area (Å²) in [6.45, 7) is 4.00. The maximum atomic E-state index is 12.1. The number of hydrogen-bond acceptors (Lipinski definition) is 2. The zero-order chi connectivity index (χ0) is 18.7. The van der Waals surface area contributed by atoms with E-state index in [1.165, 1.54) is 11.1 Å². The molecule has 27 heavy (non-hydrogen) atoms. The third kappa shape index (κ3) is 3.55. The van der Waals surface area contributed by atoms with Gasteiger partial charge in [0.2, 0.25) is 0 Å². The lowest BCUT2D eigenvalue weighted by Crippen LogP contribution is -2.48. The summed E-state index contributed by atoms with van der Waals surface area (Å²) < 4.78 is 0. The molecule has 2 heteroatoms. The maximum absolute atomic E-state index is 12.1. The molecule has 2 nitrogen and oxygen atoms in total. The molecule has 1 aliphatic rings. The van der Waals surface area contributed by atoms with Crippen LogP contribution >= 0.6 is 0 Å². The van der Waals surface area contributed by atoms with Gasteiger partial charge in [0, 0.05) is 12.6 Å². The first kappa shape index (κ1) is 18.0. The monoisotopic (exact) mass is 357 g/mol. The zero-order valence-electron chi connectivity index (χ0n) is 15.9. The summed E-state index contributed by atoms with van der Waals surface area (Å²) in [6.07, 6.45) is 2.10.